The third-order valence-corrected chi connectivity index (χ3v) is 4.85. The van der Waals surface area contributed by atoms with Crippen LogP contribution in [0, 0.1) is 12.8 Å². The first kappa shape index (κ1) is 13.6. The number of carbonyl (C=O) groups excluding carboxylic acids is 1. The van der Waals surface area contributed by atoms with Crippen LogP contribution in [0.25, 0.3) is 11.1 Å². The Balaban J connectivity index is 1.44. The molecule has 1 saturated carbocycles. The van der Waals surface area contributed by atoms with Crippen molar-refractivity contribution in [2.45, 2.75) is 26.2 Å². The molecule has 5 nitrogen and oxygen atoms in total. The van der Waals surface area contributed by atoms with E-state index in [1.165, 1.54) is 12.0 Å². The van der Waals surface area contributed by atoms with Crippen LogP contribution >= 0.6 is 0 Å². The van der Waals surface area contributed by atoms with Crippen LogP contribution in [-0.4, -0.2) is 42.0 Å². The number of anilines is 1. The predicted molar refractivity (Wildman–Crippen MR) is 84.9 cm³/mol. The maximum atomic E-state index is 12.3. The molecule has 2 aliphatic rings. The molecule has 2 aromatic rings. The summed E-state index contributed by atoms with van der Waals surface area (Å²) in [4.78, 5) is 21.0. The lowest BCUT2D eigenvalue weighted by atomic mass is 9.84. The molecule has 0 atom stereocenters. The first-order valence-electron chi connectivity index (χ1n) is 8.11. The second kappa shape index (κ2) is 5.30. The van der Waals surface area contributed by atoms with Gasteiger partial charge in [-0.25, -0.2) is 0 Å². The van der Waals surface area contributed by atoms with E-state index in [1.807, 2.05) is 23.1 Å². The number of oxazole rings is 1. The van der Waals surface area contributed by atoms with Crippen LogP contribution in [0.2, 0.25) is 0 Å². The van der Waals surface area contributed by atoms with Crippen LogP contribution in [0.3, 0.4) is 0 Å². The Morgan fingerprint density at radius 2 is 2.00 bits per heavy atom. The number of hydrogen-bond acceptors (Lipinski definition) is 4. The Kier molecular flexibility index (Phi) is 3.28. The maximum absolute atomic E-state index is 12.3. The highest BCUT2D eigenvalue weighted by molar-refractivity contribution is 5.80. The summed E-state index contributed by atoms with van der Waals surface area (Å²) in [5.74, 6) is 0.637. The normalized spacial score (nSPS) is 19.5. The van der Waals surface area contributed by atoms with Gasteiger partial charge in [-0.1, -0.05) is 12.5 Å². The summed E-state index contributed by atoms with van der Waals surface area (Å²) in [6.07, 6.45) is 3.35. The van der Waals surface area contributed by atoms with Crippen molar-refractivity contribution in [3.63, 3.8) is 0 Å². The molecule has 0 bridgehead atoms. The van der Waals surface area contributed by atoms with Gasteiger partial charge in [0.1, 0.15) is 5.52 Å². The zero-order valence-corrected chi connectivity index (χ0v) is 12.9. The van der Waals surface area contributed by atoms with Crippen molar-refractivity contribution in [3.05, 3.63) is 23.8 Å². The number of amides is 1. The minimum Gasteiger partial charge on any atom is -0.423 e. The largest absolute Gasteiger partial charge is 0.423 e. The molecule has 4 rings (SSSR count). The highest BCUT2D eigenvalue weighted by Crippen LogP contribution is 2.29. The van der Waals surface area contributed by atoms with Gasteiger partial charge >= 0.3 is 0 Å². The third-order valence-electron chi connectivity index (χ3n) is 4.85. The minimum atomic E-state index is 0.291. The van der Waals surface area contributed by atoms with Crippen molar-refractivity contribution in [2.24, 2.45) is 5.92 Å². The molecule has 2 fully saturated rings. The van der Waals surface area contributed by atoms with Crippen LogP contribution in [0.5, 0.6) is 0 Å². The van der Waals surface area contributed by atoms with Gasteiger partial charge in [0.05, 0.1) is 0 Å². The van der Waals surface area contributed by atoms with E-state index in [2.05, 4.69) is 16.8 Å². The fourth-order valence-electron chi connectivity index (χ4n) is 3.19. The van der Waals surface area contributed by atoms with Gasteiger partial charge in [-0.3, -0.25) is 4.79 Å². The lowest BCUT2D eigenvalue weighted by Crippen LogP contribution is -2.51. The van der Waals surface area contributed by atoms with Gasteiger partial charge in [-0.05, 0) is 37.5 Å². The second-order valence-corrected chi connectivity index (χ2v) is 6.41. The van der Waals surface area contributed by atoms with E-state index in [4.69, 9.17) is 4.42 Å². The van der Waals surface area contributed by atoms with Gasteiger partial charge in [0, 0.05) is 32.1 Å². The highest BCUT2D eigenvalue weighted by atomic mass is 16.4. The highest BCUT2D eigenvalue weighted by Gasteiger charge is 2.31. The van der Waals surface area contributed by atoms with Gasteiger partial charge in [-0.2, -0.15) is 4.98 Å². The first-order valence-corrected chi connectivity index (χ1v) is 8.11. The van der Waals surface area contributed by atoms with E-state index in [1.54, 1.807) is 0 Å². The van der Waals surface area contributed by atoms with E-state index < -0.39 is 0 Å². The number of aryl methyl sites for hydroxylation is 1. The summed E-state index contributed by atoms with van der Waals surface area (Å²) in [6, 6.07) is 6.72. The molecular formula is C17H21N3O2. The molecule has 1 saturated heterocycles. The number of rotatable bonds is 2. The van der Waals surface area contributed by atoms with Gasteiger partial charge in [0.25, 0.3) is 6.01 Å². The fraction of sp³-hybridized carbons (Fsp3) is 0.529. The lowest BCUT2D eigenvalue weighted by molar-refractivity contribution is -0.138. The summed E-state index contributed by atoms with van der Waals surface area (Å²) >= 11 is 0. The van der Waals surface area contributed by atoms with E-state index in [0.29, 0.717) is 17.8 Å². The van der Waals surface area contributed by atoms with Crippen molar-refractivity contribution in [1.82, 2.24) is 9.88 Å². The van der Waals surface area contributed by atoms with Crippen LogP contribution in [0.4, 0.5) is 6.01 Å². The van der Waals surface area contributed by atoms with Crippen molar-refractivity contribution in [1.29, 1.82) is 0 Å². The quantitative estimate of drug-likeness (QED) is 0.855. The third kappa shape index (κ3) is 2.34. The summed E-state index contributed by atoms with van der Waals surface area (Å²) < 4.78 is 5.85. The monoisotopic (exact) mass is 299 g/mol. The van der Waals surface area contributed by atoms with Gasteiger partial charge < -0.3 is 14.2 Å². The Labute approximate surface area is 129 Å². The Morgan fingerprint density at radius 1 is 1.23 bits per heavy atom. The number of nitrogens with zero attached hydrogens (tertiary/aromatic N) is 3. The molecule has 1 aromatic carbocycles. The molecule has 1 amide bonds. The molecule has 1 aliphatic carbocycles. The standard InChI is InChI=1S/C17H21N3O2/c1-12-5-6-15-14(11-12)18-17(22-15)20-9-7-19(8-10-20)16(21)13-3-2-4-13/h5-6,11,13H,2-4,7-10H2,1H3. The van der Waals surface area contributed by atoms with E-state index in [-0.39, 0.29) is 0 Å². The number of fused-ring (bicyclic) bond motifs is 1. The van der Waals surface area contributed by atoms with Crippen LogP contribution in [0.1, 0.15) is 24.8 Å². The molecule has 0 N–H and O–H groups in total. The lowest BCUT2D eigenvalue weighted by Gasteiger charge is -2.37. The predicted octanol–water partition coefficient (Wildman–Crippen LogP) is 2.58. The molecule has 1 aromatic heterocycles. The van der Waals surface area contributed by atoms with E-state index in [9.17, 15) is 4.79 Å². The molecule has 5 heteroatoms. The molecule has 22 heavy (non-hydrogen) atoms. The molecule has 0 radical (unpaired) electrons. The SMILES string of the molecule is Cc1ccc2oc(N3CCN(C(=O)C4CCC4)CC3)nc2c1. The van der Waals surface area contributed by atoms with Crippen molar-refractivity contribution in [3.8, 4) is 0 Å². The Hall–Kier alpha value is -2.04. The van der Waals surface area contributed by atoms with Gasteiger partial charge in [0.2, 0.25) is 5.91 Å². The zero-order valence-electron chi connectivity index (χ0n) is 12.9. The summed E-state index contributed by atoms with van der Waals surface area (Å²) in [5.41, 5.74) is 2.92. The van der Waals surface area contributed by atoms with Crippen LogP contribution < -0.4 is 4.90 Å². The summed E-state index contributed by atoms with van der Waals surface area (Å²) in [6.45, 7) is 5.19. The molecular weight excluding hydrogens is 278 g/mol. The molecule has 116 valence electrons. The van der Waals surface area contributed by atoms with Crippen molar-refractivity contribution < 1.29 is 9.21 Å². The molecule has 0 unspecified atom stereocenters. The summed E-state index contributed by atoms with van der Waals surface area (Å²) in [5, 5.41) is 0. The minimum absolute atomic E-state index is 0.291. The van der Waals surface area contributed by atoms with Crippen LogP contribution in [-0.2, 0) is 4.79 Å². The van der Waals surface area contributed by atoms with Crippen molar-refractivity contribution >= 4 is 23.0 Å². The number of hydrogen-bond donors (Lipinski definition) is 0. The smallest absolute Gasteiger partial charge is 0.298 e. The molecule has 0 spiro atoms. The Bertz CT molecular complexity index is 697. The molecule has 2 heterocycles. The van der Waals surface area contributed by atoms with E-state index >= 15 is 0 Å². The molecule has 1 aliphatic heterocycles. The number of piperazine rings is 1. The second-order valence-electron chi connectivity index (χ2n) is 6.41. The Morgan fingerprint density at radius 3 is 2.68 bits per heavy atom. The average Bonchev–Trinajstić information content (AvgIpc) is 2.88. The van der Waals surface area contributed by atoms with Gasteiger partial charge in [0.15, 0.2) is 5.58 Å². The summed E-state index contributed by atoms with van der Waals surface area (Å²) in [7, 11) is 0. The zero-order chi connectivity index (χ0) is 15.1. The number of aromatic nitrogens is 1. The fourth-order valence-corrected chi connectivity index (χ4v) is 3.19. The first-order chi connectivity index (χ1) is 10.7. The van der Waals surface area contributed by atoms with Gasteiger partial charge in [-0.15, -0.1) is 0 Å². The maximum Gasteiger partial charge on any atom is 0.298 e. The number of carbonyl (C=O) groups is 1. The average molecular weight is 299 g/mol. The number of benzene rings is 1. The van der Waals surface area contributed by atoms with Crippen LogP contribution in [0.15, 0.2) is 22.6 Å². The van der Waals surface area contributed by atoms with Crippen molar-refractivity contribution in [2.75, 3.05) is 31.1 Å². The topological polar surface area (TPSA) is 49.6 Å². The van der Waals surface area contributed by atoms with E-state index in [0.717, 1.165) is 50.1 Å².